The highest BCUT2D eigenvalue weighted by Crippen LogP contribution is 2.40. The van der Waals surface area contributed by atoms with Gasteiger partial charge < -0.3 is 19.3 Å². The van der Waals surface area contributed by atoms with E-state index in [9.17, 15) is 5.11 Å². The van der Waals surface area contributed by atoms with E-state index >= 15 is 0 Å². The van der Waals surface area contributed by atoms with Gasteiger partial charge in [-0.15, -0.1) is 0 Å². The molecule has 2 aromatic rings. The quantitative estimate of drug-likeness (QED) is 0.870. The number of aliphatic hydroxyl groups is 1. The molecule has 21 heavy (non-hydrogen) atoms. The Morgan fingerprint density at radius 3 is 2.14 bits per heavy atom. The lowest BCUT2D eigenvalue weighted by Crippen LogP contribution is -1.96. The van der Waals surface area contributed by atoms with Crippen molar-refractivity contribution in [1.82, 2.24) is 0 Å². The van der Waals surface area contributed by atoms with Crippen LogP contribution in [0.1, 0.15) is 18.6 Å². The highest BCUT2D eigenvalue weighted by Gasteiger charge is 2.14. The fourth-order valence-electron chi connectivity index (χ4n) is 1.95. The molecular weight excluding hydrogens is 336 g/mol. The molecule has 0 radical (unpaired) electrons. The largest absolute Gasteiger partial charge is 0.493 e. The molecule has 5 heteroatoms. The minimum absolute atomic E-state index is 0.513. The standard InChI is InChI=1S/C16H17BrO4/c1-10(18)12-8-7-11(9-13(12)17)21-16-14(19-2)5-4-6-15(16)20-3/h4-10,18H,1-3H3/t10-/m1/s1. The monoisotopic (exact) mass is 352 g/mol. The first-order valence-corrected chi connectivity index (χ1v) is 7.22. The number of hydrogen-bond acceptors (Lipinski definition) is 4. The van der Waals surface area contributed by atoms with Crippen LogP contribution in [0.25, 0.3) is 0 Å². The van der Waals surface area contributed by atoms with Crippen molar-refractivity contribution in [3.05, 3.63) is 46.4 Å². The van der Waals surface area contributed by atoms with Crippen LogP contribution in [0.4, 0.5) is 0 Å². The third kappa shape index (κ3) is 3.49. The molecule has 0 aliphatic heterocycles. The van der Waals surface area contributed by atoms with Crippen molar-refractivity contribution < 1.29 is 19.3 Å². The van der Waals surface area contributed by atoms with Crippen molar-refractivity contribution in [3.8, 4) is 23.0 Å². The minimum Gasteiger partial charge on any atom is -0.493 e. The molecular formula is C16H17BrO4. The van der Waals surface area contributed by atoms with Crippen LogP contribution in [-0.2, 0) is 0 Å². The molecule has 0 unspecified atom stereocenters. The number of aliphatic hydroxyl groups excluding tert-OH is 1. The lowest BCUT2D eigenvalue weighted by molar-refractivity contribution is 0.198. The maximum absolute atomic E-state index is 9.64. The first-order chi connectivity index (χ1) is 10.1. The van der Waals surface area contributed by atoms with Gasteiger partial charge in [-0.05, 0) is 36.8 Å². The molecule has 2 rings (SSSR count). The summed E-state index contributed by atoms with van der Waals surface area (Å²) in [6.45, 7) is 1.71. The van der Waals surface area contributed by atoms with Crippen LogP contribution in [0, 0.1) is 0 Å². The van der Waals surface area contributed by atoms with E-state index in [4.69, 9.17) is 14.2 Å². The zero-order valence-electron chi connectivity index (χ0n) is 12.1. The van der Waals surface area contributed by atoms with Gasteiger partial charge in [-0.2, -0.15) is 0 Å². The van der Waals surface area contributed by atoms with E-state index in [-0.39, 0.29) is 0 Å². The van der Waals surface area contributed by atoms with Crippen molar-refractivity contribution in [1.29, 1.82) is 0 Å². The van der Waals surface area contributed by atoms with Crippen molar-refractivity contribution in [2.75, 3.05) is 14.2 Å². The van der Waals surface area contributed by atoms with Crippen LogP contribution in [0.3, 0.4) is 0 Å². The highest BCUT2D eigenvalue weighted by molar-refractivity contribution is 9.10. The number of benzene rings is 2. The second-order valence-corrected chi connectivity index (χ2v) is 5.31. The van der Waals surface area contributed by atoms with Gasteiger partial charge in [0.15, 0.2) is 11.5 Å². The van der Waals surface area contributed by atoms with Gasteiger partial charge in [0.2, 0.25) is 5.75 Å². The summed E-state index contributed by atoms with van der Waals surface area (Å²) >= 11 is 3.43. The third-order valence-electron chi connectivity index (χ3n) is 3.02. The predicted octanol–water partition coefficient (Wildman–Crippen LogP) is 4.31. The van der Waals surface area contributed by atoms with E-state index < -0.39 is 6.10 Å². The summed E-state index contributed by atoms with van der Waals surface area (Å²) < 4.78 is 17.2. The topological polar surface area (TPSA) is 47.9 Å². The van der Waals surface area contributed by atoms with Gasteiger partial charge in [0.25, 0.3) is 0 Å². The molecule has 0 saturated heterocycles. The molecule has 0 aliphatic rings. The van der Waals surface area contributed by atoms with Crippen molar-refractivity contribution in [3.63, 3.8) is 0 Å². The molecule has 0 fully saturated rings. The van der Waals surface area contributed by atoms with Crippen molar-refractivity contribution in [2.45, 2.75) is 13.0 Å². The number of rotatable bonds is 5. The highest BCUT2D eigenvalue weighted by atomic mass is 79.9. The van der Waals surface area contributed by atoms with Crippen molar-refractivity contribution in [2.24, 2.45) is 0 Å². The van der Waals surface area contributed by atoms with E-state index in [1.54, 1.807) is 45.4 Å². The Kier molecular flexibility index (Phi) is 5.09. The Morgan fingerprint density at radius 1 is 1.05 bits per heavy atom. The number of ether oxygens (including phenoxy) is 3. The van der Waals surface area contributed by atoms with Gasteiger partial charge in [0.05, 0.1) is 20.3 Å². The lowest BCUT2D eigenvalue weighted by atomic mass is 10.1. The van der Waals surface area contributed by atoms with E-state index in [0.29, 0.717) is 23.0 Å². The fourth-order valence-corrected chi connectivity index (χ4v) is 2.63. The second-order valence-electron chi connectivity index (χ2n) is 4.45. The van der Waals surface area contributed by atoms with Gasteiger partial charge in [-0.3, -0.25) is 0 Å². The SMILES string of the molecule is COc1cccc(OC)c1Oc1ccc([C@@H](C)O)c(Br)c1. The maximum Gasteiger partial charge on any atom is 0.210 e. The molecule has 0 aliphatic carbocycles. The van der Waals surface area contributed by atoms with Crippen LogP contribution in [0.15, 0.2) is 40.9 Å². The number of halogens is 1. The van der Waals surface area contributed by atoms with Gasteiger partial charge in [0.1, 0.15) is 5.75 Å². The van der Waals surface area contributed by atoms with Gasteiger partial charge >= 0.3 is 0 Å². The smallest absolute Gasteiger partial charge is 0.210 e. The molecule has 2 aromatic carbocycles. The molecule has 4 nitrogen and oxygen atoms in total. The number of methoxy groups -OCH3 is 2. The van der Waals surface area contributed by atoms with Gasteiger partial charge in [-0.1, -0.05) is 28.1 Å². The summed E-state index contributed by atoms with van der Waals surface area (Å²) in [6, 6.07) is 10.8. The summed E-state index contributed by atoms with van der Waals surface area (Å²) in [5.41, 5.74) is 0.800. The van der Waals surface area contributed by atoms with Crippen LogP contribution >= 0.6 is 15.9 Å². The molecule has 0 amide bonds. The Bertz CT molecular complexity index is 603. The lowest BCUT2D eigenvalue weighted by Gasteiger charge is -2.15. The summed E-state index contributed by atoms with van der Waals surface area (Å²) in [7, 11) is 3.15. The Labute approximate surface area is 132 Å². The number of para-hydroxylation sites is 1. The summed E-state index contributed by atoms with van der Waals surface area (Å²) in [5.74, 6) is 2.31. The molecule has 1 atom stereocenters. The molecule has 1 N–H and O–H groups in total. The fraction of sp³-hybridized carbons (Fsp3) is 0.250. The van der Waals surface area contributed by atoms with E-state index in [0.717, 1.165) is 10.0 Å². The molecule has 0 bridgehead atoms. The normalized spacial score (nSPS) is 11.9. The Balaban J connectivity index is 2.36. The average molecular weight is 353 g/mol. The van der Waals surface area contributed by atoms with Crippen LogP contribution in [0.5, 0.6) is 23.0 Å². The molecule has 112 valence electrons. The van der Waals surface area contributed by atoms with Gasteiger partial charge in [0, 0.05) is 4.47 Å². The Hall–Kier alpha value is -1.72. The van der Waals surface area contributed by atoms with E-state index in [1.807, 2.05) is 12.1 Å². The predicted molar refractivity (Wildman–Crippen MR) is 84.4 cm³/mol. The van der Waals surface area contributed by atoms with Crippen LogP contribution in [0.2, 0.25) is 0 Å². The first-order valence-electron chi connectivity index (χ1n) is 6.43. The van der Waals surface area contributed by atoms with Gasteiger partial charge in [-0.25, -0.2) is 0 Å². The summed E-state index contributed by atoms with van der Waals surface area (Å²) in [6.07, 6.45) is -0.547. The second kappa shape index (κ2) is 6.83. The first kappa shape index (κ1) is 15.7. The third-order valence-corrected chi connectivity index (χ3v) is 3.71. The zero-order chi connectivity index (χ0) is 15.4. The van der Waals surface area contributed by atoms with E-state index in [2.05, 4.69) is 15.9 Å². The van der Waals surface area contributed by atoms with E-state index in [1.165, 1.54) is 0 Å². The van der Waals surface area contributed by atoms with Crippen LogP contribution in [-0.4, -0.2) is 19.3 Å². The van der Waals surface area contributed by atoms with Crippen molar-refractivity contribution >= 4 is 15.9 Å². The maximum atomic E-state index is 9.64. The Morgan fingerprint density at radius 2 is 1.67 bits per heavy atom. The van der Waals surface area contributed by atoms with Crippen LogP contribution < -0.4 is 14.2 Å². The summed E-state index contributed by atoms with van der Waals surface area (Å²) in [4.78, 5) is 0. The minimum atomic E-state index is -0.547. The summed E-state index contributed by atoms with van der Waals surface area (Å²) in [5, 5.41) is 9.64. The molecule has 0 aromatic heterocycles. The molecule has 0 heterocycles. The zero-order valence-corrected chi connectivity index (χ0v) is 13.7. The molecule has 0 spiro atoms. The average Bonchev–Trinajstić information content (AvgIpc) is 2.47. The molecule has 0 saturated carbocycles. The number of hydrogen-bond donors (Lipinski definition) is 1.